The summed E-state index contributed by atoms with van der Waals surface area (Å²) >= 11 is 0. The van der Waals surface area contributed by atoms with Gasteiger partial charge in [0.05, 0.1) is 13.2 Å². The topological polar surface area (TPSA) is 30.5 Å². The predicted molar refractivity (Wildman–Crippen MR) is 82.5 cm³/mol. The third-order valence-electron chi connectivity index (χ3n) is 2.92. The van der Waals surface area contributed by atoms with Crippen LogP contribution in [0.15, 0.2) is 42.5 Å². The Labute approximate surface area is 124 Å². The van der Waals surface area contributed by atoms with Crippen molar-refractivity contribution in [2.75, 3.05) is 12.4 Å². The van der Waals surface area contributed by atoms with Gasteiger partial charge in [0.25, 0.3) is 0 Å². The van der Waals surface area contributed by atoms with Gasteiger partial charge in [-0.1, -0.05) is 12.1 Å². The summed E-state index contributed by atoms with van der Waals surface area (Å²) in [5.74, 6) is 0.706. The Morgan fingerprint density at radius 3 is 2.62 bits per heavy atom. The van der Waals surface area contributed by atoms with Crippen molar-refractivity contribution in [2.24, 2.45) is 0 Å². The van der Waals surface area contributed by atoms with E-state index in [1.165, 1.54) is 13.2 Å². The highest BCUT2D eigenvalue weighted by Gasteiger charge is 2.04. The summed E-state index contributed by atoms with van der Waals surface area (Å²) in [5.41, 5.74) is 1.79. The minimum Gasteiger partial charge on any atom is -0.494 e. The number of halogens is 1. The Morgan fingerprint density at radius 2 is 1.95 bits per heavy atom. The first-order chi connectivity index (χ1) is 10.1. The van der Waals surface area contributed by atoms with Gasteiger partial charge in [-0.2, -0.15) is 0 Å². The van der Waals surface area contributed by atoms with Gasteiger partial charge in [-0.05, 0) is 43.7 Å². The molecule has 0 aromatic heterocycles. The highest BCUT2D eigenvalue weighted by Crippen LogP contribution is 2.21. The van der Waals surface area contributed by atoms with Crippen LogP contribution in [0.25, 0.3) is 0 Å². The Kier molecular flexibility index (Phi) is 5.04. The SMILES string of the molecule is COc1ccc(NCc2cccc(OC(C)C)c2)cc1F. The summed E-state index contributed by atoms with van der Waals surface area (Å²) < 4.78 is 24.1. The van der Waals surface area contributed by atoms with Gasteiger partial charge in [0.15, 0.2) is 11.6 Å². The average Bonchev–Trinajstić information content (AvgIpc) is 2.45. The van der Waals surface area contributed by atoms with Crippen LogP contribution in [0.4, 0.5) is 10.1 Å². The minimum absolute atomic E-state index is 0.142. The normalized spacial score (nSPS) is 10.5. The number of ether oxygens (including phenoxy) is 2. The monoisotopic (exact) mass is 289 g/mol. The molecule has 3 nitrogen and oxygen atoms in total. The number of methoxy groups -OCH3 is 1. The lowest BCUT2D eigenvalue weighted by Crippen LogP contribution is -2.06. The molecule has 21 heavy (non-hydrogen) atoms. The number of hydrogen-bond donors (Lipinski definition) is 1. The third kappa shape index (κ3) is 4.38. The van der Waals surface area contributed by atoms with E-state index in [2.05, 4.69) is 5.32 Å². The lowest BCUT2D eigenvalue weighted by atomic mass is 10.2. The Hall–Kier alpha value is -2.23. The van der Waals surface area contributed by atoms with E-state index < -0.39 is 0 Å². The molecule has 0 amide bonds. The summed E-state index contributed by atoms with van der Waals surface area (Å²) in [7, 11) is 1.45. The van der Waals surface area contributed by atoms with Crippen LogP contribution in [0.5, 0.6) is 11.5 Å². The molecular formula is C17H20FNO2. The third-order valence-corrected chi connectivity index (χ3v) is 2.92. The quantitative estimate of drug-likeness (QED) is 0.863. The fourth-order valence-corrected chi connectivity index (χ4v) is 1.98. The van der Waals surface area contributed by atoms with Crippen molar-refractivity contribution < 1.29 is 13.9 Å². The second-order valence-electron chi connectivity index (χ2n) is 5.02. The van der Waals surface area contributed by atoms with Crippen molar-refractivity contribution in [3.8, 4) is 11.5 Å². The highest BCUT2D eigenvalue weighted by atomic mass is 19.1. The van der Waals surface area contributed by atoms with Crippen LogP contribution >= 0.6 is 0 Å². The van der Waals surface area contributed by atoms with Gasteiger partial charge in [0, 0.05) is 18.3 Å². The van der Waals surface area contributed by atoms with Crippen LogP contribution in [0, 0.1) is 5.82 Å². The van der Waals surface area contributed by atoms with Crippen LogP contribution in [0.2, 0.25) is 0 Å². The lowest BCUT2D eigenvalue weighted by molar-refractivity contribution is 0.242. The molecule has 0 saturated carbocycles. The molecule has 0 spiro atoms. The summed E-state index contributed by atoms with van der Waals surface area (Å²) in [6.07, 6.45) is 0.142. The molecule has 0 aliphatic rings. The largest absolute Gasteiger partial charge is 0.494 e. The molecule has 0 saturated heterocycles. The lowest BCUT2D eigenvalue weighted by Gasteiger charge is -2.12. The van der Waals surface area contributed by atoms with Crippen LogP contribution in [-0.4, -0.2) is 13.2 Å². The van der Waals surface area contributed by atoms with E-state index in [-0.39, 0.29) is 17.7 Å². The number of nitrogens with one attached hydrogen (secondary N) is 1. The van der Waals surface area contributed by atoms with Crippen molar-refractivity contribution in [2.45, 2.75) is 26.5 Å². The van der Waals surface area contributed by atoms with Gasteiger partial charge >= 0.3 is 0 Å². The molecule has 2 aromatic rings. The molecule has 0 atom stereocenters. The summed E-state index contributed by atoms with van der Waals surface area (Å²) in [4.78, 5) is 0. The molecule has 0 fully saturated rings. The average molecular weight is 289 g/mol. The van der Waals surface area contributed by atoms with E-state index in [1.807, 2.05) is 38.1 Å². The van der Waals surface area contributed by atoms with Crippen LogP contribution in [-0.2, 0) is 6.54 Å². The van der Waals surface area contributed by atoms with E-state index in [9.17, 15) is 4.39 Å². The van der Waals surface area contributed by atoms with Crippen molar-refractivity contribution in [3.63, 3.8) is 0 Å². The van der Waals surface area contributed by atoms with E-state index >= 15 is 0 Å². The van der Waals surface area contributed by atoms with E-state index in [0.717, 1.165) is 11.3 Å². The number of hydrogen-bond acceptors (Lipinski definition) is 3. The second-order valence-corrected chi connectivity index (χ2v) is 5.02. The molecule has 0 bridgehead atoms. The molecule has 1 N–H and O–H groups in total. The van der Waals surface area contributed by atoms with E-state index in [0.29, 0.717) is 12.2 Å². The summed E-state index contributed by atoms with van der Waals surface area (Å²) in [5, 5.41) is 3.18. The maximum Gasteiger partial charge on any atom is 0.167 e. The van der Waals surface area contributed by atoms with Crippen molar-refractivity contribution >= 4 is 5.69 Å². The van der Waals surface area contributed by atoms with Crippen LogP contribution in [0.3, 0.4) is 0 Å². The van der Waals surface area contributed by atoms with Crippen LogP contribution < -0.4 is 14.8 Å². The summed E-state index contributed by atoms with van der Waals surface area (Å²) in [6, 6.07) is 12.7. The second kappa shape index (κ2) is 6.97. The Balaban J connectivity index is 2.01. The molecule has 2 rings (SSSR count). The molecule has 0 heterocycles. The zero-order valence-corrected chi connectivity index (χ0v) is 12.5. The van der Waals surface area contributed by atoms with Crippen molar-refractivity contribution in [1.82, 2.24) is 0 Å². The van der Waals surface area contributed by atoms with Gasteiger partial charge in [0.2, 0.25) is 0 Å². The zero-order chi connectivity index (χ0) is 15.2. The highest BCUT2D eigenvalue weighted by molar-refractivity contribution is 5.48. The number of benzene rings is 2. The molecule has 0 radical (unpaired) electrons. The van der Waals surface area contributed by atoms with Gasteiger partial charge in [-0.3, -0.25) is 0 Å². The van der Waals surface area contributed by atoms with Gasteiger partial charge < -0.3 is 14.8 Å². The molecule has 0 aliphatic heterocycles. The number of rotatable bonds is 6. The van der Waals surface area contributed by atoms with Gasteiger partial charge in [-0.25, -0.2) is 4.39 Å². The molecule has 0 aliphatic carbocycles. The maximum atomic E-state index is 13.6. The standard InChI is InChI=1S/C17H20FNO2/c1-12(2)21-15-6-4-5-13(9-15)11-19-14-7-8-17(20-3)16(18)10-14/h4-10,12,19H,11H2,1-3H3. The molecule has 112 valence electrons. The fourth-order valence-electron chi connectivity index (χ4n) is 1.98. The first kappa shape index (κ1) is 15.2. The maximum absolute atomic E-state index is 13.6. The van der Waals surface area contributed by atoms with Crippen molar-refractivity contribution in [3.05, 3.63) is 53.8 Å². The van der Waals surface area contributed by atoms with E-state index in [1.54, 1.807) is 12.1 Å². The molecule has 2 aromatic carbocycles. The van der Waals surface area contributed by atoms with E-state index in [4.69, 9.17) is 9.47 Å². The predicted octanol–water partition coefficient (Wildman–Crippen LogP) is 4.23. The first-order valence-corrected chi connectivity index (χ1v) is 6.91. The smallest absolute Gasteiger partial charge is 0.167 e. The summed E-state index contributed by atoms with van der Waals surface area (Å²) in [6.45, 7) is 4.58. The molecule has 4 heteroatoms. The van der Waals surface area contributed by atoms with Gasteiger partial charge in [0.1, 0.15) is 5.75 Å². The fraction of sp³-hybridized carbons (Fsp3) is 0.294. The molecular weight excluding hydrogens is 269 g/mol. The minimum atomic E-state index is -0.376. The van der Waals surface area contributed by atoms with Crippen LogP contribution in [0.1, 0.15) is 19.4 Å². The number of anilines is 1. The van der Waals surface area contributed by atoms with Gasteiger partial charge in [-0.15, -0.1) is 0 Å². The first-order valence-electron chi connectivity index (χ1n) is 6.91. The Bertz CT molecular complexity index is 599. The molecule has 0 unspecified atom stereocenters. The zero-order valence-electron chi connectivity index (χ0n) is 12.5. The Morgan fingerprint density at radius 1 is 1.14 bits per heavy atom. The van der Waals surface area contributed by atoms with Crippen molar-refractivity contribution in [1.29, 1.82) is 0 Å².